The molecule has 3 rings (SSSR count). The van der Waals surface area contributed by atoms with E-state index in [9.17, 15) is 14.4 Å². The van der Waals surface area contributed by atoms with Crippen molar-refractivity contribution in [1.82, 2.24) is 10.3 Å². The molecule has 1 heterocycles. The van der Waals surface area contributed by atoms with Gasteiger partial charge in [-0.25, -0.2) is 4.98 Å². The lowest BCUT2D eigenvalue weighted by molar-refractivity contribution is -0.125. The van der Waals surface area contributed by atoms with Crippen molar-refractivity contribution in [3.8, 4) is 0 Å². The Hall–Kier alpha value is -1.76. The normalized spacial score (nSPS) is 20.5. The molecule has 130 valence electrons. The molecule has 24 heavy (non-hydrogen) atoms. The van der Waals surface area contributed by atoms with Gasteiger partial charge in [-0.05, 0) is 18.8 Å². The van der Waals surface area contributed by atoms with Crippen LogP contribution in [0.3, 0.4) is 0 Å². The summed E-state index contributed by atoms with van der Waals surface area (Å²) in [6.07, 6.45) is 3.62. The fourth-order valence-electron chi connectivity index (χ4n) is 2.90. The SMILES string of the molecule is CC(C)CNC(=O)C1CC(=O)c2sc(NC(=O)C3CCC3)nc2C1. The molecule has 2 aliphatic carbocycles. The number of thiazole rings is 1. The van der Waals surface area contributed by atoms with Gasteiger partial charge < -0.3 is 10.6 Å². The van der Waals surface area contributed by atoms with Crippen molar-refractivity contribution < 1.29 is 14.4 Å². The molecule has 2 aliphatic rings. The van der Waals surface area contributed by atoms with Gasteiger partial charge in [0.05, 0.1) is 16.5 Å². The Balaban J connectivity index is 1.65. The van der Waals surface area contributed by atoms with Gasteiger partial charge in [-0.15, -0.1) is 0 Å². The fraction of sp³-hybridized carbons (Fsp3) is 0.647. The number of rotatable bonds is 5. The van der Waals surface area contributed by atoms with E-state index in [1.165, 1.54) is 11.3 Å². The van der Waals surface area contributed by atoms with Crippen LogP contribution < -0.4 is 10.6 Å². The summed E-state index contributed by atoms with van der Waals surface area (Å²) in [6.45, 7) is 4.67. The maximum Gasteiger partial charge on any atom is 0.229 e. The Labute approximate surface area is 145 Å². The Morgan fingerprint density at radius 1 is 1.21 bits per heavy atom. The lowest BCUT2D eigenvalue weighted by Crippen LogP contribution is -2.37. The number of ketones is 1. The highest BCUT2D eigenvalue weighted by Gasteiger charge is 2.33. The number of anilines is 1. The molecule has 0 aromatic carbocycles. The summed E-state index contributed by atoms with van der Waals surface area (Å²) in [6, 6.07) is 0. The van der Waals surface area contributed by atoms with Crippen molar-refractivity contribution in [3.63, 3.8) is 0 Å². The second-order valence-corrected chi connectivity index (χ2v) is 8.08. The molecule has 2 N–H and O–H groups in total. The number of nitrogens with one attached hydrogen (secondary N) is 2. The second kappa shape index (κ2) is 7.01. The molecule has 0 aliphatic heterocycles. The van der Waals surface area contributed by atoms with Crippen LogP contribution in [0.25, 0.3) is 0 Å². The standard InChI is InChI=1S/C17H23N3O3S/c1-9(2)8-18-15(22)11-6-12-14(13(21)7-11)24-17(19-12)20-16(23)10-4-3-5-10/h9-11H,3-8H2,1-2H3,(H,18,22)(H,19,20,23). The molecule has 1 saturated carbocycles. The van der Waals surface area contributed by atoms with E-state index in [0.29, 0.717) is 34.6 Å². The van der Waals surface area contributed by atoms with Gasteiger partial charge in [0, 0.05) is 25.3 Å². The molecule has 0 spiro atoms. The quantitative estimate of drug-likeness (QED) is 0.854. The Morgan fingerprint density at radius 3 is 2.58 bits per heavy atom. The minimum absolute atomic E-state index is 0.00831. The van der Waals surface area contributed by atoms with E-state index >= 15 is 0 Å². The predicted molar refractivity (Wildman–Crippen MR) is 92.1 cm³/mol. The first-order chi connectivity index (χ1) is 11.4. The zero-order valence-corrected chi connectivity index (χ0v) is 14.9. The zero-order valence-electron chi connectivity index (χ0n) is 14.1. The smallest absolute Gasteiger partial charge is 0.229 e. The van der Waals surface area contributed by atoms with Crippen LogP contribution >= 0.6 is 11.3 Å². The number of carbonyl (C=O) groups is 3. The van der Waals surface area contributed by atoms with Crippen LogP contribution in [-0.4, -0.2) is 29.1 Å². The molecule has 2 amide bonds. The maximum absolute atomic E-state index is 12.3. The first-order valence-corrected chi connectivity index (χ1v) is 9.37. The summed E-state index contributed by atoms with van der Waals surface area (Å²) in [4.78, 5) is 41.5. The number of hydrogen-bond donors (Lipinski definition) is 2. The second-order valence-electron chi connectivity index (χ2n) is 7.08. The molecule has 1 fully saturated rings. The van der Waals surface area contributed by atoms with Gasteiger partial charge in [0.1, 0.15) is 0 Å². The fourth-order valence-corrected chi connectivity index (χ4v) is 3.84. The van der Waals surface area contributed by atoms with Gasteiger partial charge in [-0.1, -0.05) is 31.6 Å². The monoisotopic (exact) mass is 349 g/mol. The highest BCUT2D eigenvalue weighted by Crippen LogP contribution is 2.34. The number of hydrogen-bond acceptors (Lipinski definition) is 5. The van der Waals surface area contributed by atoms with Gasteiger partial charge in [-0.2, -0.15) is 0 Å². The zero-order chi connectivity index (χ0) is 17.3. The van der Waals surface area contributed by atoms with E-state index in [-0.39, 0.29) is 35.9 Å². The van der Waals surface area contributed by atoms with Gasteiger partial charge in [-0.3, -0.25) is 14.4 Å². The topological polar surface area (TPSA) is 88.2 Å². The van der Waals surface area contributed by atoms with Gasteiger partial charge >= 0.3 is 0 Å². The molecule has 0 saturated heterocycles. The van der Waals surface area contributed by atoms with Crippen LogP contribution in [0.2, 0.25) is 0 Å². The van der Waals surface area contributed by atoms with Crippen molar-refractivity contribution >= 4 is 34.1 Å². The Morgan fingerprint density at radius 2 is 1.96 bits per heavy atom. The third kappa shape index (κ3) is 3.66. The van der Waals surface area contributed by atoms with E-state index in [4.69, 9.17) is 0 Å². The van der Waals surface area contributed by atoms with Gasteiger partial charge in [0.15, 0.2) is 10.9 Å². The van der Waals surface area contributed by atoms with Crippen LogP contribution in [0.1, 0.15) is 54.9 Å². The van der Waals surface area contributed by atoms with Crippen molar-refractivity contribution in [1.29, 1.82) is 0 Å². The van der Waals surface area contributed by atoms with Gasteiger partial charge in [0.25, 0.3) is 0 Å². The molecule has 6 nitrogen and oxygen atoms in total. The van der Waals surface area contributed by atoms with Crippen LogP contribution in [0, 0.1) is 17.8 Å². The van der Waals surface area contributed by atoms with E-state index < -0.39 is 0 Å². The minimum atomic E-state index is -0.360. The van der Waals surface area contributed by atoms with Crippen molar-refractivity contribution in [2.75, 3.05) is 11.9 Å². The summed E-state index contributed by atoms with van der Waals surface area (Å²) >= 11 is 1.23. The molecule has 7 heteroatoms. The Bertz CT molecular complexity index is 664. The first kappa shape index (κ1) is 17.1. The van der Waals surface area contributed by atoms with Crippen LogP contribution in [0.5, 0.6) is 0 Å². The number of Topliss-reactive ketones (excluding diaryl/α,β-unsaturated/α-hetero) is 1. The summed E-state index contributed by atoms with van der Waals surface area (Å²) in [5.41, 5.74) is 0.643. The maximum atomic E-state index is 12.3. The number of aromatic nitrogens is 1. The summed E-state index contributed by atoms with van der Waals surface area (Å²) < 4.78 is 0. The summed E-state index contributed by atoms with van der Waals surface area (Å²) in [5.74, 6) is -0.0574. The largest absolute Gasteiger partial charge is 0.356 e. The third-order valence-corrected chi connectivity index (χ3v) is 5.64. The van der Waals surface area contributed by atoms with Crippen LogP contribution in [-0.2, 0) is 16.0 Å². The molecule has 1 aromatic heterocycles. The minimum Gasteiger partial charge on any atom is -0.356 e. The number of carbonyl (C=O) groups excluding carboxylic acids is 3. The van der Waals surface area contributed by atoms with Crippen molar-refractivity contribution in [3.05, 3.63) is 10.6 Å². The highest BCUT2D eigenvalue weighted by atomic mass is 32.1. The van der Waals surface area contributed by atoms with Crippen molar-refractivity contribution in [2.45, 2.75) is 46.0 Å². The molecular weight excluding hydrogens is 326 g/mol. The van der Waals surface area contributed by atoms with E-state index in [1.54, 1.807) is 0 Å². The lowest BCUT2D eigenvalue weighted by Gasteiger charge is -2.23. The average molecular weight is 349 g/mol. The number of fused-ring (bicyclic) bond motifs is 1. The van der Waals surface area contributed by atoms with E-state index in [2.05, 4.69) is 15.6 Å². The van der Waals surface area contributed by atoms with Crippen LogP contribution in [0.15, 0.2) is 0 Å². The molecule has 1 atom stereocenters. The predicted octanol–water partition coefficient (Wildman–Crippen LogP) is 2.40. The van der Waals surface area contributed by atoms with Crippen LogP contribution in [0.4, 0.5) is 5.13 Å². The number of amides is 2. The molecular formula is C17H23N3O3S. The lowest BCUT2D eigenvalue weighted by atomic mass is 9.85. The van der Waals surface area contributed by atoms with E-state index in [1.807, 2.05) is 13.8 Å². The third-order valence-electron chi connectivity index (χ3n) is 4.58. The number of nitrogens with zero attached hydrogens (tertiary/aromatic N) is 1. The summed E-state index contributed by atoms with van der Waals surface area (Å²) in [5, 5.41) is 6.19. The average Bonchev–Trinajstić information content (AvgIpc) is 2.85. The Kier molecular flexibility index (Phi) is 4.99. The molecule has 0 radical (unpaired) electrons. The highest BCUT2D eigenvalue weighted by molar-refractivity contribution is 7.17. The molecule has 0 bridgehead atoms. The van der Waals surface area contributed by atoms with Crippen molar-refractivity contribution in [2.24, 2.45) is 17.8 Å². The first-order valence-electron chi connectivity index (χ1n) is 8.55. The van der Waals surface area contributed by atoms with Gasteiger partial charge in [0.2, 0.25) is 11.8 Å². The van der Waals surface area contributed by atoms with E-state index in [0.717, 1.165) is 19.3 Å². The molecule has 1 aromatic rings. The molecule has 1 unspecified atom stereocenters. The summed E-state index contributed by atoms with van der Waals surface area (Å²) in [7, 11) is 0.